The summed E-state index contributed by atoms with van der Waals surface area (Å²) in [6.07, 6.45) is 5.52. The van der Waals surface area contributed by atoms with Crippen molar-refractivity contribution in [3.05, 3.63) is 0 Å². The highest BCUT2D eigenvalue weighted by molar-refractivity contribution is 5.67. The molecule has 2 saturated heterocycles. The van der Waals surface area contributed by atoms with Gasteiger partial charge in [-0.1, -0.05) is 6.42 Å². The Hall–Kier alpha value is -0.610. The Bertz CT molecular complexity index is 231. The molecule has 0 aromatic carbocycles. The van der Waals surface area contributed by atoms with Crippen molar-refractivity contribution in [2.45, 2.75) is 38.1 Å². The zero-order valence-corrected chi connectivity index (χ0v) is 9.84. The first-order chi connectivity index (χ1) is 7.75. The minimum Gasteiger partial charge on any atom is -0.550 e. The number of quaternary nitrogens is 1. The molecule has 4 heteroatoms. The molecule has 0 radical (unpaired) electrons. The number of aliphatic carboxylic acids is 1. The van der Waals surface area contributed by atoms with E-state index in [2.05, 4.69) is 5.32 Å². The molecule has 0 aromatic rings. The van der Waals surface area contributed by atoms with Crippen LogP contribution < -0.4 is 15.3 Å². The molecule has 2 fully saturated rings. The molecule has 0 spiro atoms. The monoisotopic (exact) mass is 226 g/mol. The Morgan fingerprint density at radius 1 is 1.25 bits per heavy atom. The molecule has 2 aliphatic heterocycles. The normalized spacial score (nSPS) is 35.9. The maximum atomic E-state index is 10.7. The second-order valence-electron chi connectivity index (χ2n) is 5.19. The third-order valence-electron chi connectivity index (χ3n) is 3.97. The van der Waals surface area contributed by atoms with Gasteiger partial charge in [-0.05, 0) is 19.4 Å². The topological polar surface area (TPSA) is 56.6 Å². The van der Waals surface area contributed by atoms with Crippen molar-refractivity contribution >= 4 is 5.97 Å². The molecule has 0 aromatic heterocycles. The number of carboxylic acid groups (broad SMARTS) is 1. The van der Waals surface area contributed by atoms with Gasteiger partial charge in [0.25, 0.3) is 0 Å². The lowest BCUT2D eigenvalue weighted by Crippen LogP contribution is -3.14. The molecule has 0 saturated carbocycles. The summed E-state index contributed by atoms with van der Waals surface area (Å²) in [6.45, 7) is 4.31. The largest absolute Gasteiger partial charge is 0.550 e. The van der Waals surface area contributed by atoms with Crippen LogP contribution in [-0.2, 0) is 4.79 Å². The molecule has 2 aliphatic rings. The molecule has 16 heavy (non-hydrogen) atoms. The maximum absolute atomic E-state index is 10.7. The average molecular weight is 226 g/mol. The van der Waals surface area contributed by atoms with Crippen molar-refractivity contribution < 1.29 is 14.8 Å². The SMILES string of the molecule is O=C([O-])C1CC[NH+](CC2CCCCN2)CC1. The molecule has 2 N–H and O–H groups in total. The van der Waals surface area contributed by atoms with E-state index in [4.69, 9.17) is 0 Å². The van der Waals surface area contributed by atoms with E-state index in [0.29, 0.717) is 6.04 Å². The van der Waals surface area contributed by atoms with Crippen LogP contribution in [0, 0.1) is 5.92 Å². The Kier molecular flexibility index (Phi) is 4.18. The zero-order valence-electron chi connectivity index (χ0n) is 9.84. The lowest BCUT2D eigenvalue weighted by molar-refractivity contribution is -0.907. The summed E-state index contributed by atoms with van der Waals surface area (Å²) in [4.78, 5) is 12.3. The van der Waals surface area contributed by atoms with E-state index >= 15 is 0 Å². The zero-order chi connectivity index (χ0) is 11.4. The molecule has 1 atom stereocenters. The van der Waals surface area contributed by atoms with Gasteiger partial charge in [-0.25, -0.2) is 0 Å². The van der Waals surface area contributed by atoms with Crippen LogP contribution in [-0.4, -0.2) is 38.2 Å². The van der Waals surface area contributed by atoms with Gasteiger partial charge >= 0.3 is 0 Å². The molecule has 0 amide bonds. The summed E-state index contributed by atoms with van der Waals surface area (Å²) in [7, 11) is 0. The van der Waals surface area contributed by atoms with Crippen molar-refractivity contribution in [1.82, 2.24) is 5.32 Å². The summed E-state index contributed by atoms with van der Waals surface area (Å²) < 4.78 is 0. The Morgan fingerprint density at radius 2 is 2.00 bits per heavy atom. The second-order valence-corrected chi connectivity index (χ2v) is 5.19. The fraction of sp³-hybridized carbons (Fsp3) is 0.917. The van der Waals surface area contributed by atoms with Crippen molar-refractivity contribution in [2.24, 2.45) is 5.92 Å². The van der Waals surface area contributed by atoms with E-state index in [1.165, 1.54) is 25.8 Å². The Morgan fingerprint density at radius 3 is 2.56 bits per heavy atom. The summed E-state index contributed by atoms with van der Waals surface area (Å²) in [5.74, 6) is -1.04. The number of rotatable bonds is 3. The molecule has 2 rings (SSSR count). The predicted molar refractivity (Wildman–Crippen MR) is 58.9 cm³/mol. The minimum absolute atomic E-state index is 0.192. The van der Waals surface area contributed by atoms with Gasteiger partial charge in [0, 0.05) is 24.7 Å². The van der Waals surface area contributed by atoms with E-state index in [-0.39, 0.29) is 5.92 Å². The minimum atomic E-state index is -0.852. The highest BCUT2D eigenvalue weighted by Crippen LogP contribution is 2.09. The lowest BCUT2D eigenvalue weighted by atomic mass is 9.96. The van der Waals surface area contributed by atoms with Gasteiger partial charge in [-0.3, -0.25) is 0 Å². The van der Waals surface area contributed by atoms with Crippen molar-refractivity contribution in [3.63, 3.8) is 0 Å². The fourth-order valence-corrected chi connectivity index (χ4v) is 2.91. The number of likely N-dealkylation sites (tertiary alicyclic amines) is 1. The number of carboxylic acids is 1. The number of carbonyl (C=O) groups is 1. The highest BCUT2D eigenvalue weighted by atomic mass is 16.4. The molecule has 0 bridgehead atoms. The van der Waals surface area contributed by atoms with Gasteiger partial charge in [0.05, 0.1) is 25.7 Å². The Labute approximate surface area is 97.0 Å². The summed E-state index contributed by atoms with van der Waals surface area (Å²) in [5.41, 5.74) is 0. The van der Waals surface area contributed by atoms with Crippen LogP contribution >= 0.6 is 0 Å². The summed E-state index contributed by atoms with van der Waals surface area (Å²) >= 11 is 0. The standard InChI is InChI=1S/C12H22N2O2/c15-12(16)10-4-7-14(8-5-10)9-11-3-1-2-6-13-11/h10-11,13H,1-9H2,(H,15,16). The van der Waals surface area contributed by atoms with Crippen LogP contribution in [0.25, 0.3) is 0 Å². The van der Waals surface area contributed by atoms with Gasteiger partial charge in [0.1, 0.15) is 0 Å². The Balaban J connectivity index is 1.70. The number of nitrogens with one attached hydrogen (secondary N) is 2. The summed E-state index contributed by atoms with van der Waals surface area (Å²) in [5, 5.41) is 14.3. The molecule has 1 unspecified atom stereocenters. The van der Waals surface area contributed by atoms with E-state index < -0.39 is 5.97 Å². The van der Waals surface area contributed by atoms with Crippen LogP contribution in [0.1, 0.15) is 32.1 Å². The third kappa shape index (κ3) is 3.19. The highest BCUT2D eigenvalue weighted by Gasteiger charge is 2.25. The van der Waals surface area contributed by atoms with Gasteiger partial charge in [-0.2, -0.15) is 0 Å². The summed E-state index contributed by atoms with van der Waals surface area (Å²) in [6, 6.07) is 0.656. The van der Waals surface area contributed by atoms with Gasteiger partial charge in [-0.15, -0.1) is 0 Å². The predicted octanol–water partition coefficient (Wildman–Crippen LogP) is -1.83. The molecule has 2 heterocycles. The first-order valence-electron chi connectivity index (χ1n) is 6.53. The molecular formula is C12H22N2O2. The third-order valence-corrected chi connectivity index (χ3v) is 3.97. The van der Waals surface area contributed by atoms with Crippen LogP contribution in [0.15, 0.2) is 0 Å². The van der Waals surface area contributed by atoms with Gasteiger partial charge in [0.15, 0.2) is 0 Å². The maximum Gasteiger partial charge on any atom is 0.0926 e. The first-order valence-corrected chi connectivity index (χ1v) is 6.53. The van der Waals surface area contributed by atoms with E-state index in [1.807, 2.05) is 0 Å². The van der Waals surface area contributed by atoms with Crippen LogP contribution in [0.3, 0.4) is 0 Å². The molecular weight excluding hydrogens is 204 g/mol. The van der Waals surface area contributed by atoms with Crippen molar-refractivity contribution in [1.29, 1.82) is 0 Å². The van der Waals surface area contributed by atoms with E-state index in [0.717, 1.165) is 32.5 Å². The van der Waals surface area contributed by atoms with Crippen molar-refractivity contribution in [3.8, 4) is 0 Å². The van der Waals surface area contributed by atoms with E-state index in [1.54, 1.807) is 4.90 Å². The number of hydrogen-bond donors (Lipinski definition) is 2. The second kappa shape index (κ2) is 5.64. The quantitative estimate of drug-likeness (QED) is 0.595. The smallest absolute Gasteiger partial charge is 0.0926 e. The number of carbonyl (C=O) groups excluding carboxylic acids is 1. The number of piperidine rings is 2. The molecule has 0 aliphatic carbocycles. The molecule has 4 nitrogen and oxygen atoms in total. The lowest BCUT2D eigenvalue weighted by Gasteiger charge is -2.33. The van der Waals surface area contributed by atoms with Crippen LogP contribution in [0.5, 0.6) is 0 Å². The first kappa shape index (κ1) is 11.9. The van der Waals surface area contributed by atoms with Crippen LogP contribution in [0.4, 0.5) is 0 Å². The van der Waals surface area contributed by atoms with Gasteiger partial charge in [0.2, 0.25) is 0 Å². The van der Waals surface area contributed by atoms with Crippen molar-refractivity contribution in [2.75, 3.05) is 26.2 Å². The van der Waals surface area contributed by atoms with Crippen LogP contribution in [0.2, 0.25) is 0 Å². The van der Waals surface area contributed by atoms with E-state index in [9.17, 15) is 9.90 Å². The molecule has 92 valence electrons. The van der Waals surface area contributed by atoms with Gasteiger partial charge < -0.3 is 20.1 Å². The number of hydrogen-bond acceptors (Lipinski definition) is 3. The fourth-order valence-electron chi connectivity index (χ4n) is 2.91. The average Bonchev–Trinajstić information content (AvgIpc) is 2.31.